The standard InChI is InChI=1S/C26H32F6N6O3/c1-37(19-4-2-3-18(14-19)26(30,31)32)24(41)21(13-16-5-7-17(8-6-16)25(27,28)29)36-23(40)20(35)15-22(39)38(11-9-33)12-10-34/h2-8,14,20-21H,9-13,15,33-35H2,1H3,(H,36,40)/t20-,21-/m0/s1. The first kappa shape index (κ1) is 33.5. The largest absolute Gasteiger partial charge is 0.416 e. The first-order valence-corrected chi connectivity index (χ1v) is 12.4. The van der Waals surface area contributed by atoms with Gasteiger partial charge in [0.2, 0.25) is 17.7 Å². The zero-order valence-corrected chi connectivity index (χ0v) is 22.1. The van der Waals surface area contributed by atoms with Crippen LogP contribution in [0.3, 0.4) is 0 Å². The Hall–Kier alpha value is -3.69. The van der Waals surface area contributed by atoms with E-state index in [4.69, 9.17) is 17.2 Å². The number of halogens is 6. The average molecular weight is 591 g/mol. The third-order valence-corrected chi connectivity index (χ3v) is 6.11. The van der Waals surface area contributed by atoms with Crippen LogP contribution in [0.25, 0.3) is 0 Å². The van der Waals surface area contributed by atoms with Crippen molar-refractivity contribution in [2.24, 2.45) is 17.2 Å². The summed E-state index contributed by atoms with van der Waals surface area (Å²) in [5.74, 6) is -2.32. The molecule has 0 spiro atoms. The van der Waals surface area contributed by atoms with Gasteiger partial charge in [-0.25, -0.2) is 0 Å². The van der Waals surface area contributed by atoms with Gasteiger partial charge in [-0.05, 0) is 35.9 Å². The predicted octanol–water partition coefficient (Wildman–Crippen LogP) is 1.88. The Bertz CT molecular complexity index is 1180. The molecule has 7 N–H and O–H groups in total. The number of carbonyl (C=O) groups excluding carboxylic acids is 3. The Balaban J connectivity index is 2.31. The van der Waals surface area contributed by atoms with Crippen LogP contribution in [0.1, 0.15) is 23.1 Å². The molecule has 226 valence electrons. The van der Waals surface area contributed by atoms with Gasteiger partial charge in [0.05, 0.1) is 23.6 Å². The molecule has 0 aliphatic heterocycles. The minimum atomic E-state index is -4.69. The highest BCUT2D eigenvalue weighted by molar-refractivity contribution is 6.00. The van der Waals surface area contributed by atoms with Crippen LogP contribution in [-0.2, 0) is 33.2 Å². The summed E-state index contributed by atoms with van der Waals surface area (Å²) < 4.78 is 78.6. The predicted molar refractivity (Wildman–Crippen MR) is 139 cm³/mol. The molecule has 41 heavy (non-hydrogen) atoms. The molecule has 2 atom stereocenters. The van der Waals surface area contributed by atoms with Crippen LogP contribution in [0.5, 0.6) is 0 Å². The Labute approximate surface area is 232 Å². The molecule has 0 fully saturated rings. The fourth-order valence-corrected chi connectivity index (χ4v) is 3.88. The van der Waals surface area contributed by atoms with E-state index < -0.39 is 59.7 Å². The summed E-state index contributed by atoms with van der Waals surface area (Å²) in [6.45, 7) is 0.611. The number of hydrogen-bond donors (Lipinski definition) is 4. The van der Waals surface area contributed by atoms with Gasteiger partial charge < -0.3 is 32.3 Å². The van der Waals surface area contributed by atoms with Crippen molar-refractivity contribution in [3.8, 4) is 0 Å². The summed E-state index contributed by atoms with van der Waals surface area (Å²) in [6, 6.07) is 4.83. The maximum Gasteiger partial charge on any atom is 0.416 e. The van der Waals surface area contributed by atoms with Crippen molar-refractivity contribution in [3.63, 3.8) is 0 Å². The van der Waals surface area contributed by atoms with Crippen molar-refractivity contribution >= 4 is 23.4 Å². The zero-order valence-electron chi connectivity index (χ0n) is 22.1. The quantitative estimate of drug-likeness (QED) is 0.278. The fourth-order valence-electron chi connectivity index (χ4n) is 3.88. The third kappa shape index (κ3) is 9.72. The van der Waals surface area contributed by atoms with Gasteiger partial charge in [-0.3, -0.25) is 14.4 Å². The number of benzene rings is 2. The van der Waals surface area contributed by atoms with Crippen molar-refractivity contribution in [2.75, 3.05) is 38.1 Å². The molecule has 9 nitrogen and oxygen atoms in total. The number of rotatable bonds is 12. The molecule has 0 aliphatic rings. The molecule has 2 aromatic rings. The van der Waals surface area contributed by atoms with Crippen LogP contribution in [0, 0.1) is 0 Å². The summed E-state index contributed by atoms with van der Waals surface area (Å²) in [6.07, 6.45) is -10.1. The topological polar surface area (TPSA) is 148 Å². The van der Waals surface area contributed by atoms with Crippen molar-refractivity contribution in [1.82, 2.24) is 10.2 Å². The van der Waals surface area contributed by atoms with Crippen molar-refractivity contribution in [3.05, 3.63) is 65.2 Å². The van der Waals surface area contributed by atoms with E-state index in [1.165, 1.54) is 18.0 Å². The van der Waals surface area contributed by atoms with E-state index in [1.807, 2.05) is 0 Å². The highest BCUT2D eigenvalue weighted by Gasteiger charge is 2.33. The summed E-state index contributed by atoms with van der Waals surface area (Å²) in [4.78, 5) is 41.1. The van der Waals surface area contributed by atoms with E-state index in [9.17, 15) is 40.7 Å². The Morgan fingerprint density at radius 2 is 1.44 bits per heavy atom. The number of amides is 3. The second-order valence-electron chi connectivity index (χ2n) is 9.17. The minimum absolute atomic E-state index is 0.138. The first-order valence-electron chi connectivity index (χ1n) is 12.4. The average Bonchev–Trinajstić information content (AvgIpc) is 2.91. The van der Waals surface area contributed by atoms with Crippen LogP contribution in [0.15, 0.2) is 48.5 Å². The lowest BCUT2D eigenvalue weighted by molar-refractivity contribution is -0.138. The van der Waals surface area contributed by atoms with Crippen LogP contribution in [0.4, 0.5) is 32.0 Å². The van der Waals surface area contributed by atoms with Crippen molar-refractivity contribution < 1.29 is 40.7 Å². The van der Waals surface area contributed by atoms with Crippen molar-refractivity contribution in [1.29, 1.82) is 0 Å². The normalized spacial score (nSPS) is 13.3. The van der Waals surface area contributed by atoms with Gasteiger partial charge in [-0.15, -0.1) is 0 Å². The van der Waals surface area contributed by atoms with Crippen LogP contribution in [0.2, 0.25) is 0 Å². The molecule has 0 saturated heterocycles. The lowest BCUT2D eigenvalue weighted by atomic mass is 10.0. The highest BCUT2D eigenvalue weighted by atomic mass is 19.4. The molecule has 0 heterocycles. The van der Waals surface area contributed by atoms with E-state index in [-0.39, 0.29) is 43.9 Å². The lowest BCUT2D eigenvalue weighted by Gasteiger charge is -2.27. The van der Waals surface area contributed by atoms with Gasteiger partial charge in [0.25, 0.3) is 0 Å². The number of hydrogen-bond acceptors (Lipinski definition) is 6. The fraction of sp³-hybridized carbons (Fsp3) is 0.423. The van der Waals surface area contributed by atoms with E-state index >= 15 is 0 Å². The maximum atomic E-state index is 13.4. The van der Waals surface area contributed by atoms with Crippen LogP contribution >= 0.6 is 0 Å². The maximum absolute atomic E-state index is 13.4. The third-order valence-electron chi connectivity index (χ3n) is 6.11. The van der Waals surface area contributed by atoms with E-state index in [0.717, 1.165) is 47.4 Å². The van der Waals surface area contributed by atoms with Gasteiger partial charge >= 0.3 is 12.4 Å². The molecule has 2 rings (SSSR count). The van der Waals surface area contributed by atoms with Gasteiger partial charge in [-0.2, -0.15) is 26.3 Å². The minimum Gasteiger partial charge on any atom is -0.343 e. The van der Waals surface area contributed by atoms with Crippen molar-refractivity contribution in [2.45, 2.75) is 37.3 Å². The van der Waals surface area contributed by atoms with Gasteiger partial charge in [0.15, 0.2) is 0 Å². The number of carbonyl (C=O) groups is 3. The summed E-state index contributed by atoms with van der Waals surface area (Å²) in [5.41, 5.74) is 15.0. The number of nitrogens with zero attached hydrogens (tertiary/aromatic N) is 2. The Kier molecular flexibility index (Phi) is 11.7. The molecule has 0 unspecified atom stereocenters. The van der Waals surface area contributed by atoms with E-state index in [1.54, 1.807) is 0 Å². The molecule has 0 saturated carbocycles. The zero-order chi connectivity index (χ0) is 31.0. The van der Waals surface area contributed by atoms with Crippen LogP contribution in [-0.4, -0.2) is 67.9 Å². The Morgan fingerprint density at radius 1 is 0.878 bits per heavy atom. The molecule has 0 aromatic heterocycles. The second-order valence-corrected chi connectivity index (χ2v) is 9.17. The molecule has 0 radical (unpaired) electrons. The monoisotopic (exact) mass is 590 g/mol. The number of nitrogens with one attached hydrogen (secondary N) is 1. The number of nitrogens with two attached hydrogens (primary N) is 3. The summed E-state index contributed by atoms with van der Waals surface area (Å²) in [7, 11) is 1.19. The smallest absolute Gasteiger partial charge is 0.343 e. The number of likely N-dealkylation sites (N-methyl/N-ethyl adjacent to an activating group) is 1. The van der Waals surface area contributed by atoms with Gasteiger partial charge in [-0.1, -0.05) is 18.2 Å². The molecule has 0 bridgehead atoms. The van der Waals surface area contributed by atoms with Crippen LogP contribution < -0.4 is 27.4 Å². The van der Waals surface area contributed by atoms with E-state index in [2.05, 4.69) is 5.32 Å². The Morgan fingerprint density at radius 3 is 1.95 bits per heavy atom. The number of alkyl halides is 6. The molecule has 2 aromatic carbocycles. The second kappa shape index (κ2) is 14.3. The molecular formula is C26H32F6N6O3. The summed E-state index contributed by atoms with van der Waals surface area (Å²) in [5, 5.41) is 2.39. The highest BCUT2D eigenvalue weighted by Crippen LogP contribution is 2.32. The van der Waals surface area contributed by atoms with Gasteiger partial charge in [0.1, 0.15) is 6.04 Å². The number of anilines is 1. The van der Waals surface area contributed by atoms with Gasteiger partial charge in [0, 0.05) is 45.3 Å². The molecule has 3 amide bonds. The lowest BCUT2D eigenvalue weighted by Crippen LogP contribution is -2.54. The SMILES string of the molecule is CN(C(=O)[C@H](Cc1ccc(C(F)(F)F)cc1)NC(=O)[C@@H](N)CC(=O)N(CCN)CCN)c1cccc(C(F)(F)F)c1. The van der Waals surface area contributed by atoms with E-state index in [0.29, 0.717) is 0 Å². The molecule has 15 heteroatoms. The first-order chi connectivity index (χ1) is 19.1. The molecular weight excluding hydrogens is 558 g/mol. The molecule has 0 aliphatic carbocycles. The summed E-state index contributed by atoms with van der Waals surface area (Å²) >= 11 is 0.